The van der Waals surface area contributed by atoms with E-state index in [1.807, 2.05) is 16.8 Å². The zero-order chi connectivity index (χ0) is 14.1. The zero-order valence-electron chi connectivity index (χ0n) is 11.9. The number of benzene rings is 1. The summed E-state index contributed by atoms with van der Waals surface area (Å²) in [5, 5.41) is 8.22. The van der Waals surface area contributed by atoms with Gasteiger partial charge >= 0.3 is 0 Å². The molecule has 1 aliphatic heterocycles. The molecule has 2 heterocycles. The molecule has 0 fully saturated rings. The van der Waals surface area contributed by atoms with Gasteiger partial charge in [-0.25, -0.2) is 4.68 Å². The van der Waals surface area contributed by atoms with E-state index in [1.54, 1.807) is 0 Å². The van der Waals surface area contributed by atoms with Crippen molar-refractivity contribution in [3.8, 4) is 5.75 Å². The lowest BCUT2D eigenvalue weighted by Crippen LogP contribution is -2.20. The van der Waals surface area contributed by atoms with E-state index in [9.17, 15) is 0 Å². The number of hydrogen-bond acceptors (Lipinski definition) is 4. The predicted molar refractivity (Wildman–Crippen MR) is 77.8 cm³/mol. The smallest absolute Gasteiger partial charge is 0.169 e. The number of fused-ring (bicyclic) bond motifs is 1. The number of hydrogen-bond donors (Lipinski definition) is 1. The van der Waals surface area contributed by atoms with Crippen molar-refractivity contribution in [3.63, 3.8) is 0 Å². The molecule has 3 rings (SSSR count). The van der Waals surface area contributed by atoms with Crippen LogP contribution in [0.4, 0.5) is 5.82 Å². The van der Waals surface area contributed by atoms with E-state index in [0.29, 0.717) is 17.7 Å². The van der Waals surface area contributed by atoms with E-state index in [2.05, 4.69) is 36.3 Å². The minimum atomic E-state index is 0.320. The van der Waals surface area contributed by atoms with Crippen molar-refractivity contribution in [1.29, 1.82) is 0 Å². The van der Waals surface area contributed by atoms with Crippen molar-refractivity contribution in [3.05, 3.63) is 35.5 Å². The lowest BCUT2D eigenvalue weighted by molar-refractivity contribution is 0.255. The third-order valence-corrected chi connectivity index (χ3v) is 3.82. The van der Waals surface area contributed by atoms with Gasteiger partial charge in [0.1, 0.15) is 5.75 Å². The van der Waals surface area contributed by atoms with Crippen molar-refractivity contribution in [2.24, 2.45) is 0 Å². The summed E-state index contributed by atoms with van der Waals surface area (Å²) in [6.07, 6.45) is 0.994. The third-order valence-electron chi connectivity index (χ3n) is 3.82. The molecule has 1 aromatic carbocycles. The average molecular weight is 272 g/mol. The first-order valence-electron chi connectivity index (χ1n) is 7.07. The Morgan fingerprint density at radius 2 is 2.20 bits per heavy atom. The Bertz CT molecular complexity index is 606. The maximum atomic E-state index is 5.92. The number of aromatic nitrogens is 3. The van der Waals surface area contributed by atoms with Gasteiger partial charge in [-0.1, -0.05) is 37.3 Å². The molecule has 2 aromatic rings. The fourth-order valence-electron chi connectivity index (χ4n) is 2.88. The highest BCUT2D eigenvalue weighted by Crippen LogP contribution is 2.35. The number of para-hydroxylation sites is 1. The van der Waals surface area contributed by atoms with Gasteiger partial charge in [-0.2, -0.15) is 0 Å². The Balaban J connectivity index is 1.90. The van der Waals surface area contributed by atoms with Crippen molar-refractivity contribution < 1.29 is 4.74 Å². The molecule has 0 spiro atoms. The van der Waals surface area contributed by atoms with Gasteiger partial charge in [-0.15, -0.1) is 5.10 Å². The second-order valence-electron chi connectivity index (χ2n) is 5.57. The fourth-order valence-corrected chi connectivity index (χ4v) is 2.88. The standard InChI is InChI=1S/C15H20N4O/c1-10(2)14-15(16)17-18-19(14)9-11-7-8-20-13-6-4-3-5-12(11)13/h3-6,10-11H,7-9,16H2,1-2H3. The highest BCUT2D eigenvalue weighted by atomic mass is 16.5. The minimum Gasteiger partial charge on any atom is -0.493 e. The Morgan fingerprint density at radius 1 is 1.40 bits per heavy atom. The molecule has 5 heteroatoms. The first kappa shape index (κ1) is 13.0. The predicted octanol–water partition coefficient (Wildman–Crippen LogP) is 2.55. The van der Waals surface area contributed by atoms with E-state index in [-0.39, 0.29) is 0 Å². The SMILES string of the molecule is CC(C)c1c(N)nnn1CC1CCOc2ccccc21. The molecular weight excluding hydrogens is 252 g/mol. The highest BCUT2D eigenvalue weighted by Gasteiger charge is 2.24. The Morgan fingerprint density at radius 3 is 3.00 bits per heavy atom. The number of nitrogens with two attached hydrogens (primary N) is 1. The second kappa shape index (κ2) is 5.15. The molecule has 0 saturated carbocycles. The molecule has 1 aliphatic rings. The molecule has 5 nitrogen and oxygen atoms in total. The van der Waals surface area contributed by atoms with Crippen LogP contribution in [0, 0.1) is 0 Å². The average Bonchev–Trinajstić information content (AvgIpc) is 2.80. The van der Waals surface area contributed by atoms with Gasteiger partial charge in [0, 0.05) is 5.92 Å². The first-order valence-corrected chi connectivity index (χ1v) is 7.07. The quantitative estimate of drug-likeness (QED) is 0.932. The molecule has 0 aliphatic carbocycles. The van der Waals surface area contributed by atoms with Gasteiger partial charge in [0.25, 0.3) is 0 Å². The van der Waals surface area contributed by atoms with Crippen LogP contribution in [0.3, 0.4) is 0 Å². The van der Waals surface area contributed by atoms with Gasteiger partial charge in [0.15, 0.2) is 5.82 Å². The number of nitrogens with zero attached hydrogens (tertiary/aromatic N) is 3. The summed E-state index contributed by atoms with van der Waals surface area (Å²) >= 11 is 0. The van der Waals surface area contributed by atoms with Gasteiger partial charge in [-0.3, -0.25) is 0 Å². The number of rotatable bonds is 3. The summed E-state index contributed by atoms with van der Waals surface area (Å²) in [4.78, 5) is 0. The summed E-state index contributed by atoms with van der Waals surface area (Å²) in [6.45, 7) is 5.79. The van der Waals surface area contributed by atoms with Crippen LogP contribution in [-0.4, -0.2) is 21.6 Å². The molecule has 106 valence electrons. The topological polar surface area (TPSA) is 66.0 Å². The monoisotopic (exact) mass is 272 g/mol. The van der Waals surface area contributed by atoms with Crippen LogP contribution in [0.15, 0.2) is 24.3 Å². The van der Waals surface area contributed by atoms with Crippen LogP contribution in [0.5, 0.6) is 5.75 Å². The fraction of sp³-hybridized carbons (Fsp3) is 0.467. The molecule has 0 radical (unpaired) electrons. The van der Waals surface area contributed by atoms with Crippen LogP contribution in [0.25, 0.3) is 0 Å². The highest BCUT2D eigenvalue weighted by molar-refractivity contribution is 5.38. The van der Waals surface area contributed by atoms with Crippen molar-refractivity contribution in [1.82, 2.24) is 15.0 Å². The van der Waals surface area contributed by atoms with Crippen LogP contribution in [-0.2, 0) is 6.54 Å². The maximum Gasteiger partial charge on any atom is 0.169 e. The summed E-state index contributed by atoms with van der Waals surface area (Å²) < 4.78 is 7.66. The van der Waals surface area contributed by atoms with Gasteiger partial charge in [0.05, 0.1) is 18.8 Å². The lowest BCUT2D eigenvalue weighted by Gasteiger charge is -2.26. The van der Waals surface area contributed by atoms with Crippen molar-refractivity contribution in [2.75, 3.05) is 12.3 Å². The Labute approximate surface area is 118 Å². The molecule has 20 heavy (non-hydrogen) atoms. The summed E-state index contributed by atoms with van der Waals surface area (Å²) in [7, 11) is 0. The molecule has 1 unspecified atom stereocenters. The molecule has 0 bridgehead atoms. The normalized spacial score (nSPS) is 17.9. The van der Waals surface area contributed by atoms with Crippen LogP contribution in [0.1, 0.15) is 43.4 Å². The van der Waals surface area contributed by atoms with Crippen molar-refractivity contribution in [2.45, 2.75) is 38.6 Å². The van der Waals surface area contributed by atoms with E-state index >= 15 is 0 Å². The van der Waals surface area contributed by atoms with Crippen LogP contribution in [0.2, 0.25) is 0 Å². The lowest BCUT2D eigenvalue weighted by atomic mass is 9.93. The van der Waals surface area contributed by atoms with E-state index < -0.39 is 0 Å². The molecular formula is C15H20N4O. The van der Waals surface area contributed by atoms with E-state index in [0.717, 1.165) is 31.0 Å². The minimum absolute atomic E-state index is 0.320. The first-order chi connectivity index (χ1) is 9.66. The summed E-state index contributed by atoms with van der Waals surface area (Å²) in [5.74, 6) is 2.25. The maximum absolute atomic E-state index is 5.92. The van der Waals surface area contributed by atoms with E-state index in [4.69, 9.17) is 10.5 Å². The summed E-state index contributed by atoms with van der Waals surface area (Å²) in [6, 6.07) is 8.23. The van der Waals surface area contributed by atoms with Crippen LogP contribution < -0.4 is 10.5 Å². The number of nitrogen functional groups attached to an aromatic ring is 1. The number of anilines is 1. The van der Waals surface area contributed by atoms with Crippen LogP contribution >= 0.6 is 0 Å². The molecule has 0 saturated heterocycles. The number of ether oxygens (including phenoxy) is 1. The zero-order valence-corrected chi connectivity index (χ0v) is 11.9. The second-order valence-corrected chi connectivity index (χ2v) is 5.57. The van der Waals surface area contributed by atoms with Gasteiger partial charge in [-0.05, 0) is 24.0 Å². The van der Waals surface area contributed by atoms with Crippen molar-refractivity contribution >= 4 is 5.82 Å². The van der Waals surface area contributed by atoms with Gasteiger partial charge in [0.2, 0.25) is 0 Å². The van der Waals surface area contributed by atoms with E-state index in [1.165, 1.54) is 5.56 Å². The molecule has 1 aromatic heterocycles. The molecule has 0 amide bonds. The Hall–Kier alpha value is -2.04. The molecule has 1 atom stereocenters. The van der Waals surface area contributed by atoms with Gasteiger partial charge < -0.3 is 10.5 Å². The largest absolute Gasteiger partial charge is 0.493 e. The molecule has 2 N–H and O–H groups in total. The Kier molecular flexibility index (Phi) is 3.34. The summed E-state index contributed by atoms with van der Waals surface area (Å²) in [5.41, 5.74) is 8.20. The third kappa shape index (κ3) is 2.24.